The number of hydrogen-bond donors (Lipinski definition) is 1. The standard InChI is InChI=1S/C19H21BrFN3O3S/c1-14(19(25)22-16-6-4-5-15(20)13-16)23-9-11-24(12-10-23)28(26,27)18-8-3-2-7-17(18)21/h2-8,13-14H,9-12H2,1H3,(H,22,25). The van der Waals surface area contributed by atoms with Crippen molar-refractivity contribution in [1.82, 2.24) is 9.21 Å². The second-order valence-electron chi connectivity index (χ2n) is 6.55. The Morgan fingerprint density at radius 2 is 1.79 bits per heavy atom. The minimum absolute atomic E-state index is 0.163. The molecule has 1 atom stereocenters. The highest BCUT2D eigenvalue weighted by atomic mass is 79.9. The SMILES string of the molecule is CC(C(=O)Nc1cccc(Br)c1)N1CCN(S(=O)(=O)c2ccccc2F)CC1. The molecule has 28 heavy (non-hydrogen) atoms. The Kier molecular flexibility index (Phi) is 6.49. The summed E-state index contributed by atoms with van der Waals surface area (Å²) in [7, 11) is -3.89. The summed E-state index contributed by atoms with van der Waals surface area (Å²) in [4.78, 5) is 14.1. The number of carbonyl (C=O) groups is 1. The molecule has 1 aliphatic rings. The third kappa shape index (κ3) is 4.60. The molecule has 9 heteroatoms. The van der Waals surface area contributed by atoms with Gasteiger partial charge in [0.2, 0.25) is 15.9 Å². The van der Waals surface area contributed by atoms with Crippen molar-refractivity contribution in [2.45, 2.75) is 17.9 Å². The van der Waals surface area contributed by atoms with Gasteiger partial charge in [-0.3, -0.25) is 9.69 Å². The average Bonchev–Trinajstić information content (AvgIpc) is 2.67. The highest BCUT2D eigenvalue weighted by Crippen LogP contribution is 2.21. The Labute approximate surface area is 172 Å². The monoisotopic (exact) mass is 469 g/mol. The maximum absolute atomic E-state index is 13.9. The van der Waals surface area contributed by atoms with Gasteiger partial charge in [0.25, 0.3) is 0 Å². The van der Waals surface area contributed by atoms with Gasteiger partial charge in [-0.2, -0.15) is 4.31 Å². The van der Waals surface area contributed by atoms with Crippen LogP contribution < -0.4 is 5.32 Å². The lowest BCUT2D eigenvalue weighted by molar-refractivity contribution is -0.121. The quantitative estimate of drug-likeness (QED) is 0.730. The fourth-order valence-electron chi connectivity index (χ4n) is 3.10. The van der Waals surface area contributed by atoms with Crippen LogP contribution in [0.5, 0.6) is 0 Å². The predicted octanol–water partition coefficient (Wildman–Crippen LogP) is 2.92. The molecule has 0 aromatic heterocycles. The third-order valence-corrected chi connectivity index (χ3v) is 7.17. The van der Waals surface area contributed by atoms with E-state index < -0.39 is 21.9 Å². The molecule has 150 valence electrons. The molecule has 2 aromatic carbocycles. The van der Waals surface area contributed by atoms with E-state index in [0.717, 1.165) is 10.5 Å². The van der Waals surface area contributed by atoms with Crippen molar-refractivity contribution in [3.63, 3.8) is 0 Å². The smallest absolute Gasteiger partial charge is 0.246 e. The molecule has 0 bridgehead atoms. The number of nitrogens with zero attached hydrogens (tertiary/aromatic N) is 2. The first-order valence-electron chi connectivity index (χ1n) is 8.84. The van der Waals surface area contributed by atoms with Crippen molar-refractivity contribution in [2.75, 3.05) is 31.5 Å². The van der Waals surface area contributed by atoms with E-state index in [9.17, 15) is 17.6 Å². The van der Waals surface area contributed by atoms with Gasteiger partial charge in [-0.1, -0.05) is 34.1 Å². The molecule has 0 saturated carbocycles. The van der Waals surface area contributed by atoms with Gasteiger partial charge in [-0.05, 0) is 37.3 Å². The lowest BCUT2D eigenvalue weighted by atomic mass is 10.2. The molecule has 6 nitrogen and oxygen atoms in total. The van der Waals surface area contributed by atoms with Crippen molar-refractivity contribution in [2.24, 2.45) is 0 Å². The summed E-state index contributed by atoms with van der Waals surface area (Å²) in [6, 6.07) is 12.3. The van der Waals surface area contributed by atoms with Crippen molar-refractivity contribution < 1.29 is 17.6 Å². The van der Waals surface area contributed by atoms with E-state index in [1.807, 2.05) is 23.1 Å². The lowest BCUT2D eigenvalue weighted by Gasteiger charge is -2.36. The number of rotatable bonds is 5. The molecular formula is C19H21BrFN3O3S. The van der Waals surface area contributed by atoms with Gasteiger partial charge < -0.3 is 5.32 Å². The van der Waals surface area contributed by atoms with Gasteiger partial charge in [0.15, 0.2) is 0 Å². The van der Waals surface area contributed by atoms with E-state index >= 15 is 0 Å². The Bertz CT molecular complexity index is 962. The Balaban J connectivity index is 1.61. The maximum Gasteiger partial charge on any atom is 0.246 e. The summed E-state index contributed by atoms with van der Waals surface area (Å²) in [6.45, 7) is 2.96. The van der Waals surface area contributed by atoms with Crippen molar-refractivity contribution >= 4 is 37.5 Å². The number of halogens is 2. The van der Waals surface area contributed by atoms with Crippen LogP contribution in [0.15, 0.2) is 57.9 Å². The summed E-state index contributed by atoms with van der Waals surface area (Å²) < 4.78 is 41.4. The van der Waals surface area contributed by atoms with Gasteiger partial charge >= 0.3 is 0 Å². The van der Waals surface area contributed by atoms with Crippen LogP contribution in [0.2, 0.25) is 0 Å². The molecule has 2 aromatic rings. The minimum atomic E-state index is -3.89. The van der Waals surface area contributed by atoms with E-state index in [2.05, 4.69) is 21.2 Å². The largest absolute Gasteiger partial charge is 0.325 e. The van der Waals surface area contributed by atoms with Crippen LogP contribution in [0.1, 0.15) is 6.92 Å². The summed E-state index contributed by atoms with van der Waals surface area (Å²) >= 11 is 3.36. The normalized spacial score (nSPS) is 17.2. The number of piperazine rings is 1. The molecule has 1 heterocycles. The molecule has 0 radical (unpaired) electrons. The van der Waals surface area contributed by atoms with E-state index in [-0.39, 0.29) is 23.9 Å². The van der Waals surface area contributed by atoms with Crippen molar-refractivity contribution in [1.29, 1.82) is 0 Å². The average molecular weight is 470 g/mol. The number of benzene rings is 2. The fourth-order valence-corrected chi connectivity index (χ4v) is 4.99. The van der Waals surface area contributed by atoms with Gasteiger partial charge in [0.1, 0.15) is 10.7 Å². The van der Waals surface area contributed by atoms with Crippen LogP contribution in [0.25, 0.3) is 0 Å². The highest BCUT2D eigenvalue weighted by molar-refractivity contribution is 9.10. The number of amides is 1. The number of carbonyl (C=O) groups excluding carboxylic acids is 1. The zero-order valence-electron chi connectivity index (χ0n) is 15.3. The van der Waals surface area contributed by atoms with Gasteiger partial charge in [0, 0.05) is 36.3 Å². The van der Waals surface area contributed by atoms with Crippen LogP contribution in [0, 0.1) is 5.82 Å². The molecule has 1 unspecified atom stereocenters. The second kappa shape index (κ2) is 8.69. The molecular weight excluding hydrogens is 449 g/mol. The molecule has 1 N–H and O–H groups in total. The van der Waals surface area contributed by atoms with Crippen LogP contribution in [0.4, 0.5) is 10.1 Å². The van der Waals surface area contributed by atoms with E-state index in [1.165, 1.54) is 22.5 Å². The second-order valence-corrected chi connectivity index (χ2v) is 9.37. The first-order chi connectivity index (χ1) is 13.3. The topological polar surface area (TPSA) is 69.7 Å². The van der Waals surface area contributed by atoms with E-state index in [4.69, 9.17) is 0 Å². The van der Waals surface area contributed by atoms with E-state index in [1.54, 1.807) is 13.0 Å². The Hall–Kier alpha value is -1.81. The zero-order chi connectivity index (χ0) is 20.3. The first kappa shape index (κ1) is 20.9. The van der Waals surface area contributed by atoms with Crippen molar-refractivity contribution in [3.8, 4) is 0 Å². The lowest BCUT2D eigenvalue weighted by Crippen LogP contribution is -2.54. The van der Waals surface area contributed by atoms with Crippen LogP contribution in [0.3, 0.4) is 0 Å². The molecule has 1 saturated heterocycles. The Morgan fingerprint density at radius 1 is 1.11 bits per heavy atom. The highest BCUT2D eigenvalue weighted by Gasteiger charge is 2.33. The van der Waals surface area contributed by atoms with E-state index in [0.29, 0.717) is 18.8 Å². The number of nitrogens with one attached hydrogen (secondary N) is 1. The van der Waals surface area contributed by atoms with Crippen LogP contribution >= 0.6 is 15.9 Å². The van der Waals surface area contributed by atoms with Gasteiger partial charge in [0.05, 0.1) is 6.04 Å². The van der Waals surface area contributed by atoms with Crippen LogP contribution in [-0.4, -0.2) is 55.8 Å². The summed E-state index contributed by atoms with van der Waals surface area (Å²) in [5.74, 6) is -0.921. The first-order valence-corrected chi connectivity index (χ1v) is 11.1. The zero-order valence-corrected chi connectivity index (χ0v) is 17.7. The third-order valence-electron chi connectivity index (χ3n) is 4.75. The summed E-state index contributed by atoms with van der Waals surface area (Å²) in [6.07, 6.45) is 0. The summed E-state index contributed by atoms with van der Waals surface area (Å²) in [5, 5.41) is 2.86. The molecule has 1 aliphatic heterocycles. The molecule has 1 amide bonds. The molecule has 1 fully saturated rings. The van der Waals surface area contributed by atoms with Crippen molar-refractivity contribution in [3.05, 3.63) is 58.8 Å². The number of anilines is 1. The predicted molar refractivity (Wildman–Crippen MR) is 109 cm³/mol. The fraction of sp³-hybridized carbons (Fsp3) is 0.316. The van der Waals surface area contributed by atoms with Gasteiger partial charge in [-0.15, -0.1) is 0 Å². The summed E-state index contributed by atoms with van der Waals surface area (Å²) in [5.41, 5.74) is 0.687. The molecule has 0 spiro atoms. The number of sulfonamides is 1. The minimum Gasteiger partial charge on any atom is -0.325 e. The maximum atomic E-state index is 13.9. The Morgan fingerprint density at radius 3 is 2.43 bits per heavy atom. The molecule has 3 rings (SSSR count). The molecule has 0 aliphatic carbocycles. The van der Waals surface area contributed by atoms with Crippen LogP contribution in [-0.2, 0) is 14.8 Å². The van der Waals surface area contributed by atoms with Gasteiger partial charge in [-0.25, -0.2) is 12.8 Å². The number of hydrogen-bond acceptors (Lipinski definition) is 4.